The van der Waals surface area contributed by atoms with Crippen LogP contribution >= 0.6 is 0 Å². The molecule has 0 saturated carbocycles. The summed E-state index contributed by atoms with van der Waals surface area (Å²) in [5.41, 5.74) is 5.39. The molecule has 0 atom stereocenters. The Hall–Kier alpha value is -1.32. The lowest BCUT2D eigenvalue weighted by molar-refractivity contribution is 0.605. The van der Waals surface area contributed by atoms with Gasteiger partial charge in [0.2, 0.25) is 0 Å². The summed E-state index contributed by atoms with van der Waals surface area (Å²) in [6, 6.07) is 3.68. The van der Waals surface area contributed by atoms with Gasteiger partial charge in [-0.2, -0.15) is 0 Å². The van der Waals surface area contributed by atoms with Crippen molar-refractivity contribution in [1.82, 2.24) is 10.2 Å². The highest BCUT2D eigenvalue weighted by atomic mass is 15.3. The fourth-order valence-electron chi connectivity index (χ4n) is 1.05. The van der Waals surface area contributed by atoms with Gasteiger partial charge in [-0.15, -0.1) is 10.2 Å². The quantitative estimate of drug-likeness (QED) is 0.624. The highest BCUT2D eigenvalue weighted by Gasteiger charge is 2.15. The Morgan fingerprint density at radius 1 is 1.27 bits per heavy atom. The second-order valence-electron chi connectivity index (χ2n) is 2.66. The van der Waals surface area contributed by atoms with Crippen molar-refractivity contribution in [2.24, 2.45) is 0 Å². The normalized spacial score (nSPS) is 16.2. The van der Waals surface area contributed by atoms with Gasteiger partial charge in [-0.3, -0.25) is 0 Å². The number of hydrogen-bond acceptors (Lipinski definition) is 4. The van der Waals surface area contributed by atoms with Gasteiger partial charge in [0, 0.05) is 13.1 Å². The van der Waals surface area contributed by atoms with E-state index >= 15 is 0 Å². The summed E-state index contributed by atoms with van der Waals surface area (Å²) in [6.45, 7) is 2.19. The summed E-state index contributed by atoms with van der Waals surface area (Å²) < 4.78 is 0. The second-order valence-corrected chi connectivity index (χ2v) is 2.66. The third-order valence-corrected chi connectivity index (χ3v) is 1.85. The highest BCUT2D eigenvalue weighted by molar-refractivity contribution is 5.42. The minimum Gasteiger partial charge on any atom is -0.382 e. The maximum absolute atomic E-state index is 5.39. The van der Waals surface area contributed by atoms with Crippen molar-refractivity contribution in [3.05, 3.63) is 12.1 Å². The van der Waals surface area contributed by atoms with Crippen LogP contribution in [0.3, 0.4) is 0 Å². The smallest absolute Gasteiger partial charge is 0.151 e. The van der Waals surface area contributed by atoms with Crippen molar-refractivity contribution in [2.45, 2.75) is 6.42 Å². The number of nitrogen functional groups attached to an aromatic ring is 1. The number of rotatable bonds is 1. The Labute approximate surface area is 65.0 Å². The molecule has 1 aromatic heterocycles. The lowest BCUT2D eigenvalue weighted by atomic mass is 10.2. The largest absolute Gasteiger partial charge is 0.382 e. The molecular formula is C7H10N4. The maximum Gasteiger partial charge on any atom is 0.151 e. The van der Waals surface area contributed by atoms with Crippen LogP contribution in [-0.2, 0) is 0 Å². The molecule has 4 heteroatoms. The fraction of sp³-hybridized carbons (Fsp3) is 0.429. The molecule has 0 radical (unpaired) electrons. The average Bonchev–Trinajstić information content (AvgIpc) is 1.90. The van der Waals surface area contributed by atoms with Gasteiger partial charge in [0.25, 0.3) is 0 Å². The summed E-state index contributed by atoms with van der Waals surface area (Å²) in [6.07, 6.45) is 1.26. The van der Waals surface area contributed by atoms with Crippen LogP contribution < -0.4 is 10.6 Å². The molecule has 4 nitrogen and oxygen atoms in total. The van der Waals surface area contributed by atoms with E-state index in [-0.39, 0.29) is 0 Å². The predicted octanol–water partition coefficient (Wildman–Crippen LogP) is 0.269. The summed E-state index contributed by atoms with van der Waals surface area (Å²) in [7, 11) is 0. The Kier molecular flexibility index (Phi) is 1.38. The monoisotopic (exact) mass is 150 g/mol. The van der Waals surface area contributed by atoms with E-state index in [1.807, 2.05) is 6.07 Å². The molecule has 0 amide bonds. The summed E-state index contributed by atoms with van der Waals surface area (Å²) in [4.78, 5) is 2.17. The van der Waals surface area contributed by atoms with Gasteiger partial charge in [-0.05, 0) is 18.6 Å². The molecule has 1 fully saturated rings. The van der Waals surface area contributed by atoms with E-state index < -0.39 is 0 Å². The number of anilines is 2. The number of nitrogens with two attached hydrogens (primary N) is 1. The van der Waals surface area contributed by atoms with Gasteiger partial charge in [0.1, 0.15) is 5.82 Å². The van der Waals surface area contributed by atoms with Gasteiger partial charge < -0.3 is 10.6 Å². The van der Waals surface area contributed by atoms with Gasteiger partial charge in [-0.1, -0.05) is 0 Å². The first-order chi connectivity index (χ1) is 5.36. The maximum atomic E-state index is 5.39. The molecule has 1 aromatic rings. The predicted molar refractivity (Wildman–Crippen MR) is 43.3 cm³/mol. The lowest BCUT2D eigenvalue weighted by Crippen LogP contribution is -2.37. The van der Waals surface area contributed by atoms with Gasteiger partial charge in [0.05, 0.1) is 0 Å². The summed E-state index contributed by atoms with van der Waals surface area (Å²) in [5, 5.41) is 7.72. The number of nitrogens with zero attached hydrogens (tertiary/aromatic N) is 3. The van der Waals surface area contributed by atoms with E-state index in [0.717, 1.165) is 18.9 Å². The topological polar surface area (TPSA) is 55.0 Å². The van der Waals surface area contributed by atoms with Crippen LogP contribution in [0, 0.1) is 0 Å². The molecule has 1 aliphatic heterocycles. The third-order valence-electron chi connectivity index (χ3n) is 1.85. The van der Waals surface area contributed by atoms with Crippen LogP contribution in [0.25, 0.3) is 0 Å². The van der Waals surface area contributed by atoms with E-state index in [4.69, 9.17) is 5.73 Å². The van der Waals surface area contributed by atoms with Gasteiger partial charge in [-0.25, -0.2) is 0 Å². The van der Waals surface area contributed by atoms with E-state index in [1.54, 1.807) is 6.07 Å². The first-order valence-corrected chi connectivity index (χ1v) is 3.70. The van der Waals surface area contributed by atoms with E-state index in [0.29, 0.717) is 5.82 Å². The van der Waals surface area contributed by atoms with Crippen LogP contribution in [0.2, 0.25) is 0 Å². The molecule has 1 aliphatic rings. The highest BCUT2D eigenvalue weighted by Crippen LogP contribution is 2.16. The molecule has 0 bridgehead atoms. The molecule has 2 heterocycles. The van der Waals surface area contributed by atoms with E-state index in [1.165, 1.54) is 6.42 Å². The molecule has 0 spiro atoms. The molecule has 0 aromatic carbocycles. The molecular weight excluding hydrogens is 140 g/mol. The Morgan fingerprint density at radius 2 is 2.09 bits per heavy atom. The summed E-state index contributed by atoms with van der Waals surface area (Å²) in [5.74, 6) is 1.42. The molecule has 0 unspecified atom stereocenters. The Morgan fingerprint density at radius 3 is 2.55 bits per heavy atom. The molecule has 0 aliphatic carbocycles. The minimum atomic E-state index is 0.481. The third kappa shape index (κ3) is 1.11. The van der Waals surface area contributed by atoms with Gasteiger partial charge >= 0.3 is 0 Å². The van der Waals surface area contributed by atoms with Crippen molar-refractivity contribution in [3.63, 3.8) is 0 Å². The molecule has 58 valence electrons. The minimum absolute atomic E-state index is 0.481. The first kappa shape index (κ1) is 6.39. The fourth-order valence-corrected chi connectivity index (χ4v) is 1.05. The SMILES string of the molecule is Nc1ccc(N2CCC2)nn1. The zero-order chi connectivity index (χ0) is 7.68. The van der Waals surface area contributed by atoms with Crippen molar-refractivity contribution < 1.29 is 0 Å². The van der Waals surface area contributed by atoms with Crippen molar-refractivity contribution >= 4 is 11.6 Å². The zero-order valence-electron chi connectivity index (χ0n) is 6.20. The Bertz CT molecular complexity index is 239. The van der Waals surface area contributed by atoms with Crippen LogP contribution in [0.1, 0.15) is 6.42 Å². The molecule has 2 rings (SSSR count). The van der Waals surface area contributed by atoms with E-state index in [9.17, 15) is 0 Å². The number of hydrogen-bond donors (Lipinski definition) is 1. The van der Waals surface area contributed by atoms with Crippen molar-refractivity contribution in [2.75, 3.05) is 23.7 Å². The average molecular weight is 150 g/mol. The second kappa shape index (κ2) is 2.38. The lowest BCUT2D eigenvalue weighted by Gasteiger charge is -2.31. The zero-order valence-corrected chi connectivity index (χ0v) is 6.20. The van der Waals surface area contributed by atoms with Crippen molar-refractivity contribution in [3.8, 4) is 0 Å². The van der Waals surface area contributed by atoms with Crippen LogP contribution in [0.5, 0.6) is 0 Å². The van der Waals surface area contributed by atoms with Crippen LogP contribution in [0.15, 0.2) is 12.1 Å². The first-order valence-electron chi connectivity index (χ1n) is 3.70. The van der Waals surface area contributed by atoms with Crippen molar-refractivity contribution in [1.29, 1.82) is 0 Å². The standard InChI is InChI=1S/C7H10N4/c8-6-2-3-7(10-9-6)11-4-1-5-11/h2-3H,1,4-5H2,(H2,8,9). The van der Waals surface area contributed by atoms with Crippen LogP contribution in [-0.4, -0.2) is 23.3 Å². The summed E-state index contributed by atoms with van der Waals surface area (Å²) >= 11 is 0. The van der Waals surface area contributed by atoms with Crippen LogP contribution in [0.4, 0.5) is 11.6 Å². The number of aromatic nitrogens is 2. The Balaban J connectivity index is 2.18. The van der Waals surface area contributed by atoms with E-state index in [2.05, 4.69) is 15.1 Å². The molecule has 2 N–H and O–H groups in total. The van der Waals surface area contributed by atoms with Gasteiger partial charge in [0.15, 0.2) is 5.82 Å². The molecule has 11 heavy (non-hydrogen) atoms. The molecule has 1 saturated heterocycles.